The lowest BCUT2D eigenvalue weighted by Crippen LogP contribution is -2.45. The van der Waals surface area contributed by atoms with Gasteiger partial charge in [0.05, 0.1) is 0 Å². The summed E-state index contributed by atoms with van der Waals surface area (Å²) in [6.45, 7) is 4.07. The van der Waals surface area contributed by atoms with E-state index in [2.05, 4.69) is 67.5 Å². The van der Waals surface area contributed by atoms with Gasteiger partial charge in [-0.05, 0) is 29.3 Å². The average molecular weight is 369 g/mol. The standard InChI is InChI=1S/C16H18BrN3.ClH/c17-15-4-2-1-3-14(15)12-20-10-9-19-11-16(20)13-5-7-18-8-6-13;/h1-8,16,19H,9-12H2;1H. The first-order chi connectivity index (χ1) is 9.84. The molecule has 1 atom stereocenters. The molecule has 112 valence electrons. The van der Waals surface area contributed by atoms with E-state index < -0.39 is 0 Å². The molecule has 0 bridgehead atoms. The number of nitrogens with one attached hydrogen (secondary N) is 1. The van der Waals surface area contributed by atoms with Gasteiger partial charge in [0, 0.05) is 49.1 Å². The summed E-state index contributed by atoms with van der Waals surface area (Å²) in [5, 5.41) is 3.49. The summed E-state index contributed by atoms with van der Waals surface area (Å²) >= 11 is 3.65. The van der Waals surface area contributed by atoms with Crippen LogP contribution in [0.15, 0.2) is 53.3 Å². The van der Waals surface area contributed by atoms with E-state index in [-0.39, 0.29) is 12.4 Å². The van der Waals surface area contributed by atoms with Crippen LogP contribution < -0.4 is 5.32 Å². The molecule has 0 radical (unpaired) electrons. The monoisotopic (exact) mass is 367 g/mol. The van der Waals surface area contributed by atoms with Gasteiger partial charge in [0.15, 0.2) is 0 Å². The van der Waals surface area contributed by atoms with Crippen LogP contribution in [0.2, 0.25) is 0 Å². The first-order valence-electron chi connectivity index (χ1n) is 6.92. The molecule has 1 N–H and O–H groups in total. The number of hydrogen-bond donors (Lipinski definition) is 1. The third-order valence-corrected chi connectivity index (χ3v) is 4.55. The Labute approximate surface area is 140 Å². The van der Waals surface area contributed by atoms with Crippen molar-refractivity contribution in [1.82, 2.24) is 15.2 Å². The second-order valence-electron chi connectivity index (χ2n) is 5.06. The average Bonchev–Trinajstić information content (AvgIpc) is 2.51. The lowest BCUT2D eigenvalue weighted by Gasteiger charge is -2.36. The number of piperazine rings is 1. The molecule has 3 rings (SSSR count). The third-order valence-electron chi connectivity index (χ3n) is 3.78. The zero-order chi connectivity index (χ0) is 13.8. The van der Waals surface area contributed by atoms with Gasteiger partial charge in [-0.25, -0.2) is 0 Å². The van der Waals surface area contributed by atoms with E-state index in [0.717, 1.165) is 26.2 Å². The van der Waals surface area contributed by atoms with Crippen molar-refractivity contribution in [3.05, 3.63) is 64.4 Å². The van der Waals surface area contributed by atoms with Crippen LogP contribution in [0.5, 0.6) is 0 Å². The van der Waals surface area contributed by atoms with Crippen LogP contribution in [0.3, 0.4) is 0 Å². The highest BCUT2D eigenvalue weighted by atomic mass is 79.9. The molecule has 1 fully saturated rings. The second-order valence-corrected chi connectivity index (χ2v) is 5.92. The zero-order valence-electron chi connectivity index (χ0n) is 11.7. The molecule has 1 aliphatic rings. The Kier molecular flexibility index (Phi) is 6.18. The Morgan fingerprint density at radius 3 is 2.71 bits per heavy atom. The molecule has 0 amide bonds. The van der Waals surface area contributed by atoms with Crippen LogP contribution in [0.4, 0.5) is 0 Å². The van der Waals surface area contributed by atoms with Crippen molar-refractivity contribution >= 4 is 28.3 Å². The van der Waals surface area contributed by atoms with E-state index in [1.165, 1.54) is 15.6 Å². The highest BCUT2D eigenvalue weighted by molar-refractivity contribution is 9.10. The van der Waals surface area contributed by atoms with Crippen LogP contribution >= 0.6 is 28.3 Å². The first kappa shape index (κ1) is 16.4. The fourth-order valence-electron chi connectivity index (χ4n) is 2.70. The first-order valence-corrected chi connectivity index (χ1v) is 7.72. The van der Waals surface area contributed by atoms with Crippen molar-refractivity contribution in [2.24, 2.45) is 0 Å². The summed E-state index contributed by atoms with van der Waals surface area (Å²) in [7, 11) is 0. The smallest absolute Gasteiger partial charge is 0.0477 e. The fraction of sp³-hybridized carbons (Fsp3) is 0.312. The molecular formula is C16H19BrClN3. The number of aromatic nitrogens is 1. The molecule has 1 saturated heterocycles. The molecule has 3 nitrogen and oxygen atoms in total. The van der Waals surface area contributed by atoms with Crippen LogP contribution in [0.1, 0.15) is 17.2 Å². The molecule has 1 aromatic carbocycles. The SMILES string of the molecule is Brc1ccccc1CN1CCNCC1c1ccncc1.Cl. The number of nitrogens with zero attached hydrogens (tertiary/aromatic N) is 2. The molecule has 1 unspecified atom stereocenters. The maximum absolute atomic E-state index is 4.12. The van der Waals surface area contributed by atoms with Crippen LogP contribution in [-0.2, 0) is 6.54 Å². The molecule has 0 aliphatic carbocycles. The molecular weight excluding hydrogens is 350 g/mol. The fourth-order valence-corrected chi connectivity index (χ4v) is 3.11. The Balaban J connectivity index is 0.00000161. The van der Waals surface area contributed by atoms with Crippen LogP contribution in [-0.4, -0.2) is 29.5 Å². The van der Waals surface area contributed by atoms with Crippen molar-refractivity contribution in [3.8, 4) is 0 Å². The number of hydrogen-bond acceptors (Lipinski definition) is 3. The second kappa shape index (κ2) is 7.90. The third kappa shape index (κ3) is 4.04. The number of halogens is 2. The van der Waals surface area contributed by atoms with Gasteiger partial charge in [-0.2, -0.15) is 0 Å². The largest absolute Gasteiger partial charge is 0.314 e. The van der Waals surface area contributed by atoms with Gasteiger partial charge in [0.2, 0.25) is 0 Å². The van der Waals surface area contributed by atoms with Crippen LogP contribution in [0.25, 0.3) is 0 Å². The number of pyridine rings is 1. The Bertz CT molecular complexity index is 564. The molecule has 1 aliphatic heterocycles. The van der Waals surface area contributed by atoms with Gasteiger partial charge in [-0.15, -0.1) is 12.4 Å². The topological polar surface area (TPSA) is 28.2 Å². The molecule has 2 aromatic rings. The molecule has 1 aromatic heterocycles. The molecule has 0 spiro atoms. The minimum absolute atomic E-state index is 0. The highest BCUT2D eigenvalue weighted by Gasteiger charge is 2.24. The molecule has 0 saturated carbocycles. The predicted molar refractivity (Wildman–Crippen MR) is 91.6 cm³/mol. The maximum Gasteiger partial charge on any atom is 0.0477 e. The van der Waals surface area contributed by atoms with Gasteiger partial charge in [-0.1, -0.05) is 34.1 Å². The normalized spacial score (nSPS) is 19.0. The Morgan fingerprint density at radius 2 is 1.95 bits per heavy atom. The summed E-state index contributed by atoms with van der Waals surface area (Å²) in [4.78, 5) is 6.65. The van der Waals surface area contributed by atoms with Crippen molar-refractivity contribution in [1.29, 1.82) is 0 Å². The number of rotatable bonds is 3. The van der Waals surface area contributed by atoms with E-state index in [1.54, 1.807) is 0 Å². The van der Waals surface area contributed by atoms with E-state index >= 15 is 0 Å². The predicted octanol–water partition coefficient (Wildman–Crippen LogP) is 3.41. The van der Waals surface area contributed by atoms with Gasteiger partial charge in [0.25, 0.3) is 0 Å². The van der Waals surface area contributed by atoms with Crippen molar-refractivity contribution < 1.29 is 0 Å². The summed E-state index contributed by atoms with van der Waals surface area (Å²) < 4.78 is 1.19. The molecule has 5 heteroatoms. The van der Waals surface area contributed by atoms with Gasteiger partial charge >= 0.3 is 0 Å². The van der Waals surface area contributed by atoms with Crippen molar-refractivity contribution in [2.45, 2.75) is 12.6 Å². The van der Waals surface area contributed by atoms with E-state index in [4.69, 9.17) is 0 Å². The minimum Gasteiger partial charge on any atom is -0.314 e. The maximum atomic E-state index is 4.12. The number of benzene rings is 1. The van der Waals surface area contributed by atoms with Gasteiger partial charge in [0.1, 0.15) is 0 Å². The Hall–Kier alpha value is -0.940. The van der Waals surface area contributed by atoms with Crippen molar-refractivity contribution in [2.75, 3.05) is 19.6 Å². The summed E-state index contributed by atoms with van der Waals surface area (Å²) in [6, 6.07) is 13.1. The lowest BCUT2D eigenvalue weighted by molar-refractivity contribution is 0.153. The van der Waals surface area contributed by atoms with Crippen LogP contribution in [0, 0.1) is 0 Å². The Morgan fingerprint density at radius 1 is 1.19 bits per heavy atom. The summed E-state index contributed by atoms with van der Waals surface area (Å²) in [5.74, 6) is 0. The zero-order valence-corrected chi connectivity index (χ0v) is 14.1. The highest BCUT2D eigenvalue weighted by Crippen LogP contribution is 2.26. The summed E-state index contributed by atoms with van der Waals surface area (Å²) in [6.07, 6.45) is 3.75. The molecule has 21 heavy (non-hydrogen) atoms. The molecule has 2 heterocycles. The van der Waals surface area contributed by atoms with E-state index in [0.29, 0.717) is 6.04 Å². The van der Waals surface area contributed by atoms with Gasteiger partial charge in [-0.3, -0.25) is 9.88 Å². The minimum atomic E-state index is 0. The lowest BCUT2D eigenvalue weighted by atomic mass is 10.0. The van der Waals surface area contributed by atoms with Crippen molar-refractivity contribution in [3.63, 3.8) is 0 Å². The van der Waals surface area contributed by atoms with E-state index in [1.807, 2.05) is 12.4 Å². The quantitative estimate of drug-likeness (QED) is 0.900. The van der Waals surface area contributed by atoms with Gasteiger partial charge < -0.3 is 5.32 Å². The summed E-state index contributed by atoms with van der Waals surface area (Å²) in [5.41, 5.74) is 2.67. The van der Waals surface area contributed by atoms with E-state index in [9.17, 15) is 0 Å².